The van der Waals surface area contributed by atoms with Crippen molar-refractivity contribution in [2.45, 2.75) is 39.8 Å². The van der Waals surface area contributed by atoms with E-state index in [4.69, 9.17) is 4.74 Å². The lowest BCUT2D eigenvalue weighted by atomic mass is 10.1. The Morgan fingerprint density at radius 1 is 1.16 bits per heavy atom. The Balaban J connectivity index is 1.82. The molecule has 0 amide bonds. The number of ether oxygens (including phenoxy) is 1. The number of nitrogens with one attached hydrogen (secondary N) is 2. The van der Waals surface area contributed by atoms with E-state index < -0.39 is 0 Å². The van der Waals surface area contributed by atoms with Crippen molar-refractivity contribution in [3.05, 3.63) is 35.4 Å². The summed E-state index contributed by atoms with van der Waals surface area (Å²) in [6.45, 7) is 11.0. The molecule has 5 heteroatoms. The number of hydrogen-bond acceptors (Lipinski definition) is 3. The van der Waals surface area contributed by atoms with E-state index >= 15 is 0 Å². The molecule has 0 unspecified atom stereocenters. The topological polar surface area (TPSA) is 48.9 Å². The van der Waals surface area contributed by atoms with E-state index in [9.17, 15) is 0 Å². The summed E-state index contributed by atoms with van der Waals surface area (Å²) in [5.74, 6) is 1.63. The number of morpholine rings is 1. The summed E-state index contributed by atoms with van der Waals surface area (Å²) in [7, 11) is 1.83. The summed E-state index contributed by atoms with van der Waals surface area (Å²) in [5.41, 5.74) is 2.71. The second-order valence-electron chi connectivity index (χ2n) is 7.05. The molecule has 1 aliphatic heterocycles. The zero-order valence-corrected chi connectivity index (χ0v) is 16.1. The van der Waals surface area contributed by atoms with Gasteiger partial charge in [-0.05, 0) is 29.9 Å². The van der Waals surface area contributed by atoms with Gasteiger partial charge in [0.25, 0.3) is 0 Å². The van der Waals surface area contributed by atoms with Crippen LogP contribution in [0.4, 0.5) is 0 Å². The fourth-order valence-corrected chi connectivity index (χ4v) is 3.00. The largest absolute Gasteiger partial charge is 0.379 e. The van der Waals surface area contributed by atoms with Gasteiger partial charge < -0.3 is 15.4 Å². The van der Waals surface area contributed by atoms with E-state index in [2.05, 4.69) is 58.6 Å². The second kappa shape index (κ2) is 11.1. The molecule has 25 heavy (non-hydrogen) atoms. The summed E-state index contributed by atoms with van der Waals surface area (Å²) < 4.78 is 5.44. The number of hydrogen-bond donors (Lipinski definition) is 2. The minimum absolute atomic E-state index is 0.754. The van der Waals surface area contributed by atoms with Gasteiger partial charge in [0.1, 0.15) is 0 Å². The van der Waals surface area contributed by atoms with Gasteiger partial charge in [0, 0.05) is 39.8 Å². The molecule has 2 rings (SSSR count). The molecule has 2 N–H and O–H groups in total. The minimum atomic E-state index is 0.754. The summed E-state index contributed by atoms with van der Waals surface area (Å²) >= 11 is 0. The lowest BCUT2D eigenvalue weighted by molar-refractivity contribution is 0.0341. The Morgan fingerprint density at radius 2 is 1.88 bits per heavy atom. The molecule has 1 saturated heterocycles. The van der Waals surface area contributed by atoms with E-state index in [1.54, 1.807) is 0 Å². The second-order valence-corrected chi connectivity index (χ2v) is 7.05. The number of nitrogens with zero attached hydrogens (tertiary/aromatic N) is 2. The summed E-state index contributed by atoms with van der Waals surface area (Å²) in [6.07, 6.45) is 2.42. The number of aliphatic imine (C=N–C) groups is 1. The molecule has 1 aliphatic rings. The first kappa shape index (κ1) is 19.7. The van der Waals surface area contributed by atoms with Gasteiger partial charge in [0.15, 0.2) is 5.96 Å². The lowest BCUT2D eigenvalue weighted by Crippen LogP contribution is -2.38. The summed E-state index contributed by atoms with van der Waals surface area (Å²) in [4.78, 5) is 6.79. The van der Waals surface area contributed by atoms with Crippen molar-refractivity contribution in [2.75, 3.05) is 39.9 Å². The smallest absolute Gasteiger partial charge is 0.191 e. The molecule has 1 aromatic rings. The molecule has 0 aliphatic carbocycles. The Hall–Kier alpha value is -1.59. The highest BCUT2D eigenvalue weighted by Crippen LogP contribution is 2.13. The van der Waals surface area contributed by atoms with Crippen molar-refractivity contribution in [1.82, 2.24) is 15.5 Å². The van der Waals surface area contributed by atoms with Gasteiger partial charge in [0.05, 0.1) is 13.2 Å². The van der Waals surface area contributed by atoms with Gasteiger partial charge >= 0.3 is 0 Å². The van der Waals surface area contributed by atoms with Gasteiger partial charge in [-0.3, -0.25) is 9.89 Å². The van der Waals surface area contributed by atoms with E-state index in [1.165, 1.54) is 24.0 Å². The quantitative estimate of drug-likeness (QED) is 0.432. The lowest BCUT2D eigenvalue weighted by Gasteiger charge is -2.27. The van der Waals surface area contributed by atoms with Crippen molar-refractivity contribution in [1.29, 1.82) is 0 Å². The first-order valence-corrected chi connectivity index (χ1v) is 9.50. The molecule has 0 aromatic heterocycles. The Labute approximate surface area is 152 Å². The van der Waals surface area contributed by atoms with Crippen LogP contribution in [0.25, 0.3) is 0 Å². The zero-order valence-electron chi connectivity index (χ0n) is 16.1. The fourth-order valence-electron chi connectivity index (χ4n) is 3.00. The number of benzene rings is 1. The van der Waals surface area contributed by atoms with Crippen LogP contribution in [0.1, 0.15) is 37.8 Å². The maximum atomic E-state index is 5.44. The standard InChI is InChI=1S/C20H34N4O/c1-17(2)7-6-10-22-20(21-3)23-15-18-8-4-5-9-19(18)16-24-11-13-25-14-12-24/h4-5,8-9,17H,6-7,10-16H2,1-3H3,(H2,21,22,23). The van der Waals surface area contributed by atoms with E-state index in [1.807, 2.05) is 7.05 Å². The van der Waals surface area contributed by atoms with Gasteiger partial charge in [0.2, 0.25) is 0 Å². The van der Waals surface area contributed by atoms with Crippen molar-refractivity contribution in [3.8, 4) is 0 Å². The Kier molecular flexibility index (Phi) is 8.77. The first-order chi connectivity index (χ1) is 12.2. The van der Waals surface area contributed by atoms with Crippen LogP contribution in [0.2, 0.25) is 0 Å². The van der Waals surface area contributed by atoms with E-state index in [0.29, 0.717) is 0 Å². The van der Waals surface area contributed by atoms with Crippen LogP contribution in [-0.2, 0) is 17.8 Å². The van der Waals surface area contributed by atoms with Crippen LogP contribution in [0, 0.1) is 5.92 Å². The minimum Gasteiger partial charge on any atom is -0.379 e. The van der Waals surface area contributed by atoms with Crippen LogP contribution < -0.4 is 10.6 Å². The third kappa shape index (κ3) is 7.45. The summed E-state index contributed by atoms with van der Waals surface area (Å²) in [6, 6.07) is 8.66. The molecule has 5 nitrogen and oxygen atoms in total. The normalized spacial score (nSPS) is 16.2. The fraction of sp³-hybridized carbons (Fsp3) is 0.650. The highest BCUT2D eigenvalue weighted by atomic mass is 16.5. The first-order valence-electron chi connectivity index (χ1n) is 9.50. The van der Waals surface area contributed by atoms with Crippen molar-refractivity contribution < 1.29 is 4.74 Å². The molecule has 1 aromatic carbocycles. The molecule has 0 atom stereocenters. The molecule has 0 spiro atoms. The van der Waals surface area contributed by atoms with E-state index in [0.717, 1.165) is 57.8 Å². The van der Waals surface area contributed by atoms with E-state index in [-0.39, 0.29) is 0 Å². The van der Waals surface area contributed by atoms with Crippen LogP contribution >= 0.6 is 0 Å². The Bertz CT molecular complexity index is 524. The highest BCUT2D eigenvalue weighted by molar-refractivity contribution is 5.79. The molecule has 140 valence electrons. The van der Waals surface area contributed by atoms with Gasteiger partial charge in [-0.25, -0.2) is 0 Å². The predicted molar refractivity (Wildman–Crippen MR) is 105 cm³/mol. The molecular weight excluding hydrogens is 312 g/mol. The third-order valence-electron chi connectivity index (χ3n) is 4.54. The van der Waals surface area contributed by atoms with Crippen molar-refractivity contribution in [2.24, 2.45) is 10.9 Å². The van der Waals surface area contributed by atoms with Crippen LogP contribution in [0.3, 0.4) is 0 Å². The van der Waals surface area contributed by atoms with Crippen LogP contribution in [0.5, 0.6) is 0 Å². The van der Waals surface area contributed by atoms with Crippen molar-refractivity contribution >= 4 is 5.96 Å². The molecule has 0 saturated carbocycles. The average molecular weight is 347 g/mol. The number of rotatable bonds is 8. The average Bonchev–Trinajstić information content (AvgIpc) is 2.63. The molecule has 1 heterocycles. The highest BCUT2D eigenvalue weighted by Gasteiger charge is 2.12. The van der Waals surface area contributed by atoms with Gasteiger partial charge in [-0.1, -0.05) is 38.1 Å². The van der Waals surface area contributed by atoms with Gasteiger partial charge in [-0.2, -0.15) is 0 Å². The van der Waals surface area contributed by atoms with Gasteiger partial charge in [-0.15, -0.1) is 0 Å². The maximum Gasteiger partial charge on any atom is 0.191 e. The summed E-state index contributed by atoms with van der Waals surface area (Å²) in [5, 5.41) is 6.85. The SMILES string of the molecule is CN=C(NCCCC(C)C)NCc1ccccc1CN1CCOCC1. The predicted octanol–water partition coefficient (Wildman–Crippen LogP) is 2.62. The zero-order chi connectivity index (χ0) is 17.9. The third-order valence-corrected chi connectivity index (χ3v) is 4.54. The Morgan fingerprint density at radius 3 is 2.56 bits per heavy atom. The molecule has 0 bridgehead atoms. The maximum absolute atomic E-state index is 5.44. The molecular formula is C20H34N4O. The van der Waals surface area contributed by atoms with Crippen molar-refractivity contribution in [3.63, 3.8) is 0 Å². The van der Waals surface area contributed by atoms with Crippen LogP contribution in [-0.4, -0.2) is 50.8 Å². The monoisotopic (exact) mass is 346 g/mol. The molecule has 1 fully saturated rings. The van der Waals surface area contributed by atoms with Crippen LogP contribution in [0.15, 0.2) is 29.3 Å². The molecule has 0 radical (unpaired) electrons. The number of guanidine groups is 1.